The number of hydrogen-bond acceptors (Lipinski definition) is 8. The molecule has 160 valence electrons. The van der Waals surface area contributed by atoms with E-state index in [9.17, 15) is 4.79 Å². The number of ether oxygens (including phenoxy) is 1. The van der Waals surface area contributed by atoms with Crippen molar-refractivity contribution in [3.8, 4) is 27.4 Å². The Morgan fingerprint density at radius 1 is 1.00 bits per heavy atom. The Labute approximate surface area is 196 Å². The average molecular weight is 479 g/mol. The van der Waals surface area contributed by atoms with Gasteiger partial charge in [0.1, 0.15) is 15.6 Å². The van der Waals surface area contributed by atoms with E-state index in [4.69, 9.17) is 15.6 Å². The summed E-state index contributed by atoms with van der Waals surface area (Å²) in [7, 11) is 1.65. The minimum absolute atomic E-state index is 0.245. The minimum Gasteiger partial charge on any atom is -0.496 e. The van der Waals surface area contributed by atoms with Crippen molar-refractivity contribution in [2.45, 2.75) is 10.9 Å². The van der Waals surface area contributed by atoms with Gasteiger partial charge in [0.05, 0.1) is 23.8 Å². The molecule has 0 radical (unpaired) electrons. The lowest BCUT2D eigenvalue weighted by Gasteiger charge is -2.07. The van der Waals surface area contributed by atoms with E-state index in [1.54, 1.807) is 18.4 Å². The number of methoxy groups -OCH3 is 1. The Kier molecular flexibility index (Phi) is 5.69. The van der Waals surface area contributed by atoms with Gasteiger partial charge in [0, 0.05) is 22.1 Å². The fraction of sp³-hybridized carbons (Fsp3) is 0.0870. The van der Waals surface area contributed by atoms with E-state index in [2.05, 4.69) is 4.98 Å². The fourth-order valence-corrected chi connectivity index (χ4v) is 6.13. The Hall–Kier alpha value is -3.14. The summed E-state index contributed by atoms with van der Waals surface area (Å²) >= 11 is 4.41. The number of nitrogen functional groups attached to an aromatic ring is 1. The van der Waals surface area contributed by atoms with Crippen molar-refractivity contribution >= 4 is 44.7 Å². The highest BCUT2D eigenvalue weighted by Crippen LogP contribution is 2.34. The molecule has 0 spiro atoms. The molecule has 0 amide bonds. The standard InChI is InChI=1S/C23H18N4O2S3/c1-29-18-10-6-5-9-16(18)20-25-15(11-30-20)12-32-23-26-21-19(22(28)27(23)24)17(13-31-21)14-7-3-2-4-8-14/h2-11,13H,12,24H2,1H3. The van der Waals surface area contributed by atoms with Gasteiger partial charge in [-0.1, -0.05) is 54.2 Å². The predicted molar refractivity (Wildman–Crippen MR) is 133 cm³/mol. The minimum atomic E-state index is -0.245. The molecule has 32 heavy (non-hydrogen) atoms. The van der Waals surface area contributed by atoms with Crippen LogP contribution in [0.2, 0.25) is 0 Å². The van der Waals surface area contributed by atoms with Gasteiger partial charge in [0.15, 0.2) is 5.16 Å². The smallest absolute Gasteiger partial charge is 0.282 e. The largest absolute Gasteiger partial charge is 0.496 e. The maximum absolute atomic E-state index is 13.0. The molecule has 9 heteroatoms. The highest BCUT2D eigenvalue weighted by atomic mass is 32.2. The zero-order valence-corrected chi connectivity index (χ0v) is 19.5. The monoisotopic (exact) mass is 478 g/mol. The number of fused-ring (bicyclic) bond motifs is 1. The zero-order valence-electron chi connectivity index (χ0n) is 17.0. The van der Waals surface area contributed by atoms with Crippen LogP contribution in [-0.4, -0.2) is 21.8 Å². The molecule has 5 aromatic rings. The number of thiazole rings is 1. The first-order valence-corrected chi connectivity index (χ1v) is 12.5. The van der Waals surface area contributed by atoms with Crippen molar-refractivity contribution in [1.82, 2.24) is 14.6 Å². The van der Waals surface area contributed by atoms with E-state index in [0.717, 1.165) is 37.8 Å². The summed E-state index contributed by atoms with van der Waals surface area (Å²) in [5.41, 5.74) is 3.44. The van der Waals surface area contributed by atoms with E-state index >= 15 is 0 Å². The lowest BCUT2D eigenvalue weighted by atomic mass is 10.1. The van der Waals surface area contributed by atoms with Crippen LogP contribution in [0.25, 0.3) is 31.9 Å². The lowest BCUT2D eigenvalue weighted by molar-refractivity contribution is 0.416. The zero-order chi connectivity index (χ0) is 22.1. The second-order valence-electron chi connectivity index (χ2n) is 6.90. The first-order valence-electron chi connectivity index (χ1n) is 9.71. The number of nitrogens with zero attached hydrogens (tertiary/aromatic N) is 3. The molecule has 2 N–H and O–H groups in total. The molecule has 0 aliphatic rings. The van der Waals surface area contributed by atoms with Gasteiger partial charge < -0.3 is 10.6 Å². The Morgan fingerprint density at radius 3 is 2.59 bits per heavy atom. The molecule has 0 aliphatic heterocycles. The van der Waals surface area contributed by atoms with Gasteiger partial charge in [-0.05, 0) is 17.7 Å². The summed E-state index contributed by atoms with van der Waals surface area (Å²) in [6.45, 7) is 0. The molecular weight excluding hydrogens is 460 g/mol. The Balaban J connectivity index is 1.42. The van der Waals surface area contributed by atoms with E-state index < -0.39 is 0 Å². The predicted octanol–water partition coefficient (Wildman–Crippen LogP) is 5.26. The number of benzene rings is 2. The normalized spacial score (nSPS) is 11.2. The van der Waals surface area contributed by atoms with Gasteiger partial charge in [-0.15, -0.1) is 22.7 Å². The molecule has 0 saturated carbocycles. The Bertz CT molecular complexity index is 1460. The molecule has 5 rings (SSSR count). The van der Waals surface area contributed by atoms with Gasteiger partial charge in [-0.2, -0.15) is 0 Å². The lowest BCUT2D eigenvalue weighted by Crippen LogP contribution is -2.29. The van der Waals surface area contributed by atoms with Crippen molar-refractivity contribution in [2.24, 2.45) is 0 Å². The number of para-hydroxylation sites is 1. The van der Waals surface area contributed by atoms with E-state index in [0.29, 0.717) is 21.1 Å². The van der Waals surface area contributed by atoms with Crippen LogP contribution < -0.4 is 16.1 Å². The van der Waals surface area contributed by atoms with Gasteiger partial charge >= 0.3 is 0 Å². The van der Waals surface area contributed by atoms with Crippen LogP contribution in [0.5, 0.6) is 5.75 Å². The van der Waals surface area contributed by atoms with Crippen molar-refractivity contribution in [3.63, 3.8) is 0 Å². The second kappa shape index (κ2) is 8.78. The Morgan fingerprint density at radius 2 is 1.78 bits per heavy atom. The van der Waals surface area contributed by atoms with Crippen molar-refractivity contribution in [1.29, 1.82) is 0 Å². The van der Waals surface area contributed by atoms with Crippen LogP contribution in [0, 0.1) is 0 Å². The van der Waals surface area contributed by atoms with Crippen molar-refractivity contribution < 1.29 is 4.74 Å². The molecule has 0 unspecified atom stereocenters. The summed E-state index contributed by atoms with van der Waals surface area (Å²) < 4.78 is 6.58. The summed E-state index contributed by atoms with van der Waals surface area (Å²) in [4.78, 5) is 23.1. The van der Waals surface area contributed by atoms with Gasteiger partial charge in [0.25, 0.3) is 5.56 Å². The highest BCUT2D eigenvalue weighted by Gasteiger charge is 2.17. The van der Waals surface area contributed by atoms with Gasteiger partial charge in [-0.3, -0.25) is 4.79 Å². The van der Waals surface area contributed by atoms with E-state index in [1.165, 1.54) is 23.1 Å². The summed E-state index contributed by atoms with van der Waals surface area (Å²) in [5.74, 6) is 7.49. The van der Waals surface area contributed by atoms with Crippen LogP contribution in [-0.2, 0) is 5.75 Å². The molecule has 6 nitrogen and oxygen atoms in total. The first-order chi connectivity index (χ1) is 15.7. The summed E-state index contributed by atoms with van der Waals surface area (Å²) in [6.07, 6.45) is 0. The number of rotatable bonds is 6. The number of hydrogen-bond donors (Lipinski definition) is 1. The van der Waals surface area contributed by atoms with Crippen LogP contribution in [0.3, 0.4) is 0 Å². The number of thioether (sulfide) groups is 1. The number of aromatic nitrogens is 3. The van der Waals surface area contributed by atoms with Crippen LogP contribution in [0.15, 0.2) is 75.3 Å². The maximum atomic E-state index is 13.0. The van der Waals surface area contributed by atoms with E-state index in [-0.39, 0.29) is 5.56 Å². The number of nitrogens with two attached hydrogens (primary N) is 1. The molecule has 0 atom stereocenters. The molecular formula is C23H18N4O2S3. The second-order valence-corrected chi connectivity index (χ2v) is 9.56. The van der Waals surface area contributed by atoms with Crippen molar-refractivity contribution in [3.05, 3.63) is 81.4 Å². The molecule has 0 fully saturated rings. The topological polar surface area (TPSA) is 83.0 Å². The third-order valence-corrected chi connectivity index (χ3v) is 7.71. The number of thiophene rings is 1. The molecule has 2 aromatic carbocycles. The summed E-state index contributed by atoms with van der Waals surface area (Å²) in [6, 6.07) is 17.6. The molecule has 0 bridgehead atoms. The third-order valence-electron chi connectivity index (χ3n) is 4.93. The third kappa shape index (κ3) is 3.79. The highest BCUT2D eigenvalue weighted by molar-refractivity contribution is 7.98. The average Bonchev–Trinajstić information content (AvgIpc) is 3.48. The fourth-order valence-electron chi connectivity index (χ4n) is 3.37. The quantitative estimate of drug-likeness (QED) is 0.204. The molecule has 0 aliphatic carbocycles. The van der Waals surface area contributed by atoms with E-state index in [1.807, 2.05) is 65.4 Å². The first kappa shape index (κ1) is 20.7. The maximum Gasteiger partial charge on any atom is 0.282 e. The van der Waals surface area contributed by atoms with Gasteiger partial charge in [-0.25, -0.2) is 14.6 Å². The summed E-state index contributed by atoms with van der Waals surface area (Å²) in [5, 5.41) is 5.88. The van der Waals surface area contributed by atoms with Crippen molar-refractivity contribution in [2.75, 3.05) is 13.0 Å². The van der Waals surface area contributed by atoms with Crippen LogP contribution >= 0.6 is 34.4 Å². The van der Waals surface area contributed by atoms with Crippen LogP contribution in [0.4, 0.5) is 0 Å². The molecule has 3 aromatic heterocycles. The van der Waals surface area contributed by atoms with Crippen LogP contribution in [0.1, 0.15) is 5.69 Å². The molecule has 0 saturated heterocycles. The molecule has 3 heterocycles. The SMILES string of the molecule is COc1ccccc1-c1nc(CSc2nc3scc(-c4ccccc4)c3c(=O)n2N)cs1. The van der Waals surface area contributed by atoms with Gasteiger partial charge in [0.2, 0.25) is 0 Å².